The zero-order chi connectivity index (χ0) is 17.7. The van der Waals surface area contributed by atoms with Gasteiger partial charge in [-0.3, -0.25) is 0 Å². The van der Waals surface area contributed by atoms with E-state index in [0.29, 0.717) is 9.46 Å². The topological polar surface area (TPSA) is 132 Å². The van der Waals surface area contributed by atoms with Crippen LogP contribution in [-0.2, 0) is 9.47 Å². The molecule has 0 N–H and O–H groups in total. The monoisotopic (exact) mass is 370 g/mol. The van der Waals surface area contributed by atoms with Crippen molar-refractivity contribution in [1.82, 2.24) is 9.97 Å². The molecule has 0 spiro atoms. The minimum atomic E-state index is -0.733. The predicted molar refractivity (Wildman–Crippen MR) is 80.8 cm³/mol. The van der Waals surface area contributed by atoms with Crippen molar-refractivity contribution in [2.75, 3.05) is 14.2 Å². The quantitative estimate of drug-likeness (QED) is 0.309. The smallest absolute Gasteiger partial charge is 0.363 e. The first-order valence-electron chi connectivity index (χ1n) is 6.15. The Morgan fingerprint density at radius 1 is 0.917 bits per heavy atom. The SMILES string of the molecule is COC(=O)c1c[n+]([O-])c(SSc2cnc(C(=O)OC)c[n+]2[O-])cn1. The summed E-state index contributed by atoms with van der Waals surface area (Å²) in [5.74, 6) is -1.47. The summed E-state index contributed by atoms with van der Waals surface area (Å²) in [5.41, 5.74) is -0.269. The van der Waals surface area contributed by atoms with E-state index in [9.17, 15) is 20.0 Å². The number of carbonyl (C=O) groups excluding carboxylic acids is 2. The van der Waals surface area contributed by atoms with E-state index in [-0.39, 0.29) is 21.4 Å². The van der Waals surface area contributed by atoms with Gasteiger partial charge < -0.3 is 19.9 Å². The molecule has 2 heterocycles. The molecular weight excluding hydrogens is 360 g/mol. The fourth-order valence-electron chi connectivity index (χ4n) is 1.40. The van der Waals surface area contributed by atoms with Crippen LogP contribution in [0.1, 0.15) is 21.0 Å². The Balaban J connectivity index is 2.11. The van der Waals surface area contributed by atoms with Crippen molar-refractivity contribution in [2.24, 2.45) is 0 Å². The maximum absolute atomic E-state index is 11.8. The normalized spacial score (nSPS) is 10.2. The average molecular weight is 370 g/mol. The lowest BCUT2D eigenvalue weighted by Crippen LogP contribution is -2.32. The van der Waals surface area contributed by atoms with Gasteiger partial charge in [-0.25, -0.2) is 19.6 Å². The van der Waals surface area contributed by atoms with Gasteiger partial charge in [0.05, 0.1) is 14.2 Å². The van der Waals surface area contributed by atoms with E-state index >= 15 is 0 Å². The van der Waals surface area contributed by atoms with Crippen molar-refractivity contribution < 1.29 is 28.5 Å². The van der Waals surface area contributed by atoms with Crippen LogP contribution in [0, 0.1) is 10.4 Å². The lowest BCUT2D eigenvalue weighted by atomic mass is 10.5. The summed E-state index contributed by atoms with van der Waals surface area (Å²) in [6, 6.07) is 0. The third-order valence-corrected chi connectivity index (χ3v) is 4.81. The molecule has 0 aromatic carbocycles. The summed E-state index contributed by atoms with van der Waals surface area (Å²) in [6.07, 6.45) is 4.31. The molecule has 2 rings (SSSR count). The lowest BCUT2D eigenvalue weighted by molar-refractivity contribution is -0.647. The number of methoxy groups -OCH3 is 2. The number of ether oxygens (including phenoxy) is 2. The van der Waals surface area contributed by atoms with Gasteiger partial charge in [-0.05, 0) is 0 Å². The predicted octanol–water partition coefficient (Wildman–Crippen LogP) is 0.116. The van der Waals surface area contributed by atoms with Crippen LogP contribution in [0.5, 0.6) is 0 Å². The first kappa shape index (κ1) is 17.7. The maximum Gasteiger partial charge on any atom is 0.363 e. The molecule has 0 fully saturated rings. The molecule has 0 aliphatic heterocycles. The summed E-state index contributed by atoms with van der Waals surface area (Å²) in [5, 5.41) is 23.9. The Morgan fingerprint density at radius 2 is 1.29 bits per heavy atom. The number of carbonyl (C=O) groups is 2. The molecule has 0 aliphatic rings. The molecule has 0 saturated carbocycles. The molecule has 0 saturated heterocycles. The van der Waals surface area contributed by atoms with Crippen LogP contribution in [0.3, 0.4) is 0 Å². The Labute approximate surface area is 143 Å². The highest BCUT2D eigenvalue weighted by atomic mass is 33.1. The van der Waals surface area contributed by atoms with Crippen LogP contribution in [0.25, 0.3) is 0 Å². The van der Waals surface area contributed by atoms with E-state index in [1.54, 1.807) is 0 Å². The molecule has 12 heteroatoms. The zero-order valence-electron chi connectivity index (χ0n) is 12.4. The summed E-state index contributed by atoms with van der Waals surface area (Å²) in [7, 11) is 4.23. The third kappa shape index (κ3) is 4.02. The van der Waals surface area contributed by atoms with Gasteiger partial charge in [-0.15, -0.1) is 0 Å². The van der Waals surface area contributed by atoms with Crippen molar-refractivity contribution in [3.63, 3.8) is 0 Å². The molecule has 2 aromatic rings. The number of nitrogens with zero attached hydrogens (tertiary/aromatic N) is 4. The highest BCUT2D eigenvalue weighted by molar-refractivity contribution is 8.76. The molecule has 0 amide bonds. The van der Waals surface area contributed by atoms with Gasteiger partial charge in [0.15, 0.2) is 0 Å². The van der Waals surface area contributed by atoms with Gasteiger partial charge >= 0.3 is 11.9 Å². The van der Waals surface area contributed by atoms with Gasteiger partial charge in [0, 0.05) is 21.6 Å². The third-order valence-electron chi connectivity index (χ3n) is 2.54. The summed E-state index contributed by atoms with van der Waals surface area (Å²) in [4.78, 5) is 30.2. The molecule has 10 nitrogen and oxygen atoms in total. The molecule has 0 unspecified atom stereocenters. The number of aromatic nitrogens is 4. The van der Waals surface area contributed by atoms with Crippen LogP contribution in [0.2, 0.25) is 0 Å². The first-order chi connectivity index (χ1) is 11.5. The molecular formula is C12H10N4O6S2. The van der Waals surface area contributed by atoms with Gasteiger partial charge in [-0.1, -0.05) is 0 Å². The molecule has 0 radical (unpaired) electrons. The minimum Gasteiger partial charge on any atom is -0.618 e. The van der Waals surface area contributed by atoms with Gasteiger partial charge in [0.25, 0.3) is 10.1 Å². The molecule has 0 atom stereocenters. The van der Waals surface area contributed by atoms with Crippen LogP contribution in [-0.4, -0.2) is 36.1 Å². The highest BCUT2D eigenvalue weighted by Crippen LogP contribution is 2.33. The van der Waals surface area contributed by atoms with E-state index in [1.165, 1.54) is 26.6 Å². The van der Waals surface area contributed by atoms with Gasteiger partial charge in [0.2, 0.25) is 23.8 Å². The van der Waals surface area contributed by atoms with E-state index in [2.05, 4.69) is 19.4 Å². The van der Waals surface area contributed by atoms with E-state index in [4.69, 9.17) is 0 Å². The second-order valence-electron chi connectivity index (χ2n) is 4.02. The Bertz CT molecular complexity index is 723. The Hall–Kier alpha value is -2.60. The highest BCUT2D eigenvalue weighted by Gasteiger charge is 2.19. The van der Waals surface area contributed by atoms with Crippen molar-refractivity contribution in [2.45, 2.75) is 10.1 Å². The van der Waals surface area contributed by atoms with Crippen molar-refractivity contribution >= 4 is 33.5 Å². The maximum atomic E-state index is 11.8. The minimum absolute atomic E-state index is 0.134. The molecule has 0 aliphatic carbocycles. The number of rotatable bonds is 5. The van der Waals surface area contributed by atoms with Crippen LogP contribution >= 0.6 is 21.6 Å². The van der Waals surface area contributed by atoms with Crippen LogP contribution in [0.4, 0.5) is 0 Å². The summed E-state index contributed by atoms with van der Waals surface area (Å²) < 4.78 is 9.78. The summed E-state index contributed by atoms with van der Waals surface area (Å²) >= 11 is 0. The standard InChI is InChI=1S/C12H10N4O6S2/c1-21-11(17)7-5-15(19)9(3-13-7)23-24-10-4-14-8(6-16(10)20)12(18)22-2/h3-6H,1-2H3. The second kappa shape index (κ2) is 7.79. The largest absolute Gasteiger partial charge is 0.618 e. The molecule has 2 aromatic heterocycles. The van der Waals surface area contributed by atoms with E-state index < -0.39 is 11.9 Å². The fourth-order valence-corrected chi connectivity index (χ4v) is 3.23. The summed E-state index contributed by atoms with van der Waals surface area (Å²) in [6.45, 7) is 0. The van der Waals surface area contributed by atoms with Gasteiger partial charge in [0.1, 0.15) is 12.4 Å². The molecule has 24 heavy (non-hydrogen) atoms. The molecule has 126 valence electrons. The zero-order valence-corrected chi connectivity index (χ0v) is 14.0. The average Bonchev–Trinajstić information content (AvgIpc) is 2.60. The van der Waals surface area contributed by atoms with E-state index in [1.807, 2.05) is 0 Å². The van der Waals surface area contributed by atoms with Crippen LogP contribution in [0.15, 0.2) is 34.8 Å². The Kier molecular flexibility index (Phi) is 5.76. The fraction of sp³-hybridized carbons (Fsp3) is 0.167. The van der Waals surface area contributed by atoms with Crippen molar-refractivity contribution in [3.8, 4) is 0 Å². The van der Waals surface area contributed by atoms with E-state index in [0.717, 1.165) is 34.0 Å². The lowest BCUT2D eigenvalue weighted by Gasteiger charge is -2.05. The second-order valence-corrected chi connectivity index (χ2v) is 6.19. The number of esters is 2. The van der Waals surface area contributed by atoms with Gasteiger partial charge in [-0.2, -0.15) is 9.46 Å². The Morgan fingerprint density at radius 3 is 1.58 bits per heavy atom. The van der Waals surface area contributed by atoms with Crippen LogP contribution < -0.4 is 9.46 Å². The van der Waals surface area contributed by atoms with Crippen molar-refractivity contribution in [3.05, 3.63) is 46.6 Å². The first-order valence-corrected chi connectivity index (χ1v) is 8.30. The number of hydrogen-bond acceptors (Lipinski definition) is 10. The number of hydrogen-bond donors (Lipinski definition) is 0. The van der Waals surface area contributed by atoms with Crippen molar-refractivity contribution in [1.29, 1.82) is 0 Å². The molecule has 0 bridgehead atoms.